The molecule has 0 spiro atoms. The highest BCUT2D eigenvalue weighted by atomic mass is 32.2. The highest BCUT2D eigenvalue weighted by Crippen LogP contribution is 2.33. The van der Waals surface area contributed by atoms with Crippen molar-refractivity contribution in [2.75, 3.05) is 7.11 Å². The highest BCUT2D eigenvalue weighted by Gasteiger charge is 2.28. The molecule has 0 saturated heterocycles. The third-order valence-corrected chi connectivity index (χ3v) is 4.82. The summed E-state index contributed by atoms with van der Waals surface area (Å²) in [4.78, 5) is 10.4. The van der Waals surface area contributed by atoms with E-state index in [0.29, 0.717) is 5.75 Å². The molecule has 1 atom stereocenters. The molecule has 25 heavy (non-hydrogen) atoms. The highest BCUT2D eigenvalue weighted by molar-refractivity contribution is 7.86. The van der Waals surface area contributed by atoms with E-state index >= 15 is 0 Å². The molecule has 0 aliphatic carbocycles. The van der Waals surface area contributed by atoms with Gasteiger partial charge in [0.1, 0.15) is 11.9 Å². The van der Waals surface area contributed by atoms with Gasteiger partial charge in [0.2, 0.25) is 0 Å². The molecular weight excluding hydrogens is 348 g/mol. The molecule has 0 aromatic heterocycles. The lowest BCUT2D eigenvalue weighted by atomic mass is 10.0. The number of nitriles is 1. The Morgan fingerprint density at radius 1 is 1.20 bits per heavy atom. The molecule has 0 heterocycles. The maximum Gasteiger partial charge on any atom is 0.297 e. The fraction of sp³-hybridized carbons (Fsp3) is 0.188. The minimum atomic E-state index is -4.19. The van der Waals surface area contributed by atoms with Gasteiger partial charge in [0.25, 0.3) is 15.8 Å². The summed E-state index contributed by atoms with van der Waals surface area (Å²) in [5, 5.41) is 20.3. The quantitative estimate of drug-likeness (QED) is 0.440. The Morgan fingerprint density at radius 3 is 2.36 bits per heavy atom. The summed E-state index contributed by atoms with van der Waals surface area (Å²) in [6.45, 7) is 1.34. The van der Waals surface area contributed by atoms with Crippen LogP contribution in [0.1, 0.15) is 24.2 Å². The van der Waals surface area contributed by atoms with E-state index in [1.165, 1.54) is 56.5 Å². The average molecular weight is 362 g/mol. The standard InChI is InChI=1S/C16H14N2O6S/c1-11(16-12(10-17)4-3-5-15(16)18(19)20)24-25(21,22)14-8-6-13(23-2)7-9-14/h3-9,11H,1-2H3. The summed E-state index contributed by atoms with van der Waals surface area (Å²) in [6, 6.07) is 11.2. The van der Waals surface area contributed by atoms with Gasteiger partial charge in [-0.3, -0.25) is 14.3 Å². The maximum absolute atomic E-state index is 12.4. The van der Waals surface area contributed by atoms with Gasteiger partial charge in [0.15, 0.2) is 0 Å². The van der Waals surface area contributed by atoms with E-state index in [1.54, 1.807) is 0 Å². The van der Waals surface area contributed by atoms with E-state index in [4.69, 9.17) is 14.2 Å². The number of nitrogens with zero attached hydrogens (tertiary/aromatic N) is 2. The summed E-state index contributed by atoms with van der Waals surface area (Å²) in [5.74, 6) is 0.470. The third-order valence-electron chi connectivity index (χ3n) is 3.43. The van der Waals surface area contributed by atoms with Crippen molar-refractivity contribution in [3.05, 3.63) is 63.7 Å². The topological polar surface area (TPSA) is 120 Å². The summed E-state index contributed by atoms with van der Waals surface area (Å²) >= 11 is 0. The van der Waals surface area contributed by atoms with Crippen molar-refractivity contribution in [2.24, 2.45) is 0 Å². The minimum absolute atomic E-state index is 0.0216. The lowest BCUT2D eigenvalue weighted by molar-refractivity contribution is -0.386. The molecular formula is C16H14N2O6S. The first-order chi connectivity index (χ1) is 11.8. The second-order valence-corrected chi connectivity index (χ2v) is 6.55. The van der Waals surface area contributed by atoms with Crippen LogP contribution in [-0.4, -0.2) is 20.5 Å². The number of methoxy groups -OCH3 is 1. The van der Waals surface area contributed by atoms with E-state index in [2.05, 4.69) is 0 Å². The van der Waals surface area contributed by atoms with Gasteiger partial charge >= 0.3 is 0 Å². The van der Waals surface area contributed by atoms with Gasteiger partial charge in [-0.05, 0) is 37.3 Å². The predicted octanol–water partition coefficient (Wildman–Crippen LogP) is 2.94. The van der Waals surface area contributed by atoms with E-state index < -0.39 is 21.1 Å². The van der Waals surface area contributed by atoms with Crippen LogP contribution in [0.25, 0.3) is 0 Å². The van der Waals surface area contributed by atoms with Crippen molar-refractivity contribution in [1.29, 1.82) is 5.26 Å². The molecule has 0 aliphatic heterocycles. The number of nitro groups is 1. The molecule has 2 aromatic carbocycles. The van der Waals surface area contributed by atoms with Gasteiger partial charge in [-0.15, -0.1) is 0 Å². The van der Waals surface area contributed by atoms with Gasteiger partial charge < -0.3 is 4.74 Å². The average Bonchev–Trinajstić information content (AvgIpc) is 2.60. The number of hydrogen-bond donors (Lipinski definition) is 0. The Labute approximate surface area is 144 Å². The van der Waals surface area contributed by atoms with Crippen molar-refractivity contribution in [3.63, 3.8) is 0 Å². The normalized spacial score (nSPS) is 12.2. The zero-order valence-corrected chi connectivity index (χ0v) is 14.2. The first-order valence-electron chi connectivity index (χ1n) is 7.05. The molecule has 0 saturated carbocycles. The van der Waals surface area contributed by atoms with Crippen LogP contribution in [0.15, 0.2) is 47.4 Å². The first-order valence-corrected chi connectivity index (χ1v) is 8.45. The molecule has 0 aliphatic rings. The Bertz CT molecular complexity index is 932. The van der Waals surface area contributed by atoms with Crippen molar-refractivity contribution in [3.8, 4) is 11.8 Å². The first kappa shape index (κ1) is 18.4. The van der Waals surface area contributed by atoms with Crippen LogP contribution in [0.4, 0.5) is 5.69 Å². The molecule has 0 N–H and O–H groups in total. The molecule has 0 amide bonds. The van der Waals surface area contributed by atoms with E-state index in [1.807, 2.05) is 6.07 Å². The smallest absolute Gasteiger partial charge is 0.297 e. The van der Waals surface area contributed by atoms with Crippen LogP contribution in [0, 0.1) is 21.4 Å². The Kier molecular flexibility index (Phi) is 5.36. The molecule has 9 heteroatoms. The molecule has 1 unspecified atom stereocenters. The summed E-state index contributed by atoms with van der Waals surface area (Å²) in [6.07, 6.45) is -1.22. The third kappa shape index (κ3) is 3.93. The Morgan fingerprint density at radius 2 is 1.84 bits per heavy atom. The number of rotatable bonds is 6. The van der Waals surface area contributed by atoms with Crippen molar-refractivity contribution in [1.82, 2.24) is 0 Å². The SMILES string of the molecule is COc1ccc(S(=O)(=O)OC(C)c2c(C#N)cccc2[N+](=O)[O-])cc1. The van der Waals surface area contributed by atoms with Crippen LogP contribution in [0.5, 0.6) is 5.75 Å². The predicted molar refractivity (Wildman–Crippen MR) is 87.5 cm³/mol. The van der Waals surface area contributed by atoms with E-state index in [9.17, 15) is 18.5 Å². The maximum atomic E-state index is 12.4. The van der Waals surface area contributed by atoms with Crippen molar-refractivity contribution < 1.29 is 22.3 Å². The van der Waals surface area contributed by atoms with Gasteiger partial charge in [-0.25, -0.2) is 0 Å². The molecule has 0 fully saturated rings. The lowest BCUT2D eigenvalue weighted by Crippen LogP contribution is -2.12. The zero-order valence-electron chi connectivity index (χ0n) is 13.4. The molecule has 2 rings (SSSR count). The number of benzene rings is 2. The van der Waals surface area contributed by atoms with Gasteiger partial charge in [-0.2, -0.15) is 13.7 Å². The molecule has 0 radical (unpaired) electrons. The zero-order chi connectivity index (χ0) is 18.6. The summed E-state index contributed by atoms with van der Waals surface area (Å²) in [5.41, 5.74) is -0.491. The van der Waals surface area contributed by atoms with Crippen molar-refractivity contribution >= 4 is 15.8 Å². The largest absolute Gasteiger partial charge is 0.497 e. The van der Waals surface area contributed by atoms with E-state index in [-0.39, 0.29) is 21.7 Å². The van der Waals surface area contributed by atoms with Crippen LogP contribution in [0.2, 0.25) is 0 Å². The minimum Gasteiger partial charge on any atom is -0.497 e. The Balaban J connectivity index is 2.40. The monoisotopic (exact) mass is 362 g/mol. The number of ether oxygens (including phenoxy) is 1. The second-order valence-electron chi connectivity index (χ2n) is 4.98. The molecule has 130 valence electrons. The van der Waals surface area contributed by atoms with Crippen LogP contribution < -0.4 is 4.74 Å². The number of hydrogen-bond acceptors (Lipinski definition) is 7. The summed E-state index contributed by atoms with van der Waals surface area (Å²) < 4.78 is 34.8. The summed E-state index contributed by atoms with van der Waals surface area (Å²) in [7, 11) is -2.74. The van der Waals surface area contributed by atoms with Crippen LogP contribution >= 0.6 is 0 Å². The molecule has 0 bridgehead atoms. The van der Waals surface area contributed by atoms with Crippen molar-refractivity contribution in [2.45, 2.75) is 17.9 Å². The Hall–Kier alpha value is -2.96. The second kappa shape index (κ2) is 7.29. The van der Waals surface area contributed by atoms with Gasteiger partial charge in [0, 0.05) is 6.07 Å². The van der Waals surface area contributed by atoms with Gasteiger partial charge in [0.05, 0.1) is 34.1 Å². The van der Waals surface area contributed by atoms with Gasteiger partial charge in [-0.1, -0.05) is 6.07 Å². The molecule has 2 aromatic rings. The molecule has 8 nitrogen and oxygen atoms in total. The fourth-order valence-electron chi connectivity index (χ4n) is 2.27. The van der Waals surface area contributed by atoms with E-state index in [0.717, 1.165) is 0 Å². The number of nitro benzene ring substituents is 1. The van der Waals surface area contributed by atoms with Crippen LogP contribution in [-0.2, 0) is 14.3 Å². The van der Waals surface area contributed by atoms with Crippen LogP contribution in [0.3, 0.4) is 0 Å². The lowest BCUT2D eigenvalue weighted by Gasteiger charge is -2.15. The fourth-order valence-corrected chi connectivity index (χ4v) is 3.33.